The van der Waals surface area contributed by atoms with Crippen molar-refractivity contribution in [3.8, 4) is 11.5 Å². The molecule has 2 rings (SSSR count). The summed E-state index contributed by atoms with van der Waals surface area (Å²) in [5, 5.41) is 14.1. The Morgan fingerprint density at radius 3 is 2.56 bits per heavy atom. The second-order valence-corrected chi connectivity index (χ2v) is 6.04. The van der Waals surface area contributed by atoms with Crippen molar-refractivity contribution in [1.29, 1.82) is 0 Å². The SMILES string of the molecule is CCOc1cc([N+](=O)[O-])c(C(=O)Nc2ccc(Br)cc2C)cc1OC. The van der Waals surface area contributed by atoms with E-state index in [1.807, 2.05) is 13.0 Å². The van der Waals surface area contributed by atoms with Crippen LogP contribution in [0, 0.1) is 17.0 Å². The standard InChI is InChI=1S/C17H17BrN2O5/c1-4-25-16-9-14(20(22)23)12(8-15(16)24-3)17(21)19-13-6-5-11(18)7-10(13)2/h5-9H,4H2,1-3H3,(H,19,21). The van der Waals surface area contributed by atoms with E-state index in [9.17, 15) is 14.9 Å². The molecule has 0 atom stereocenters. The average molecular weight is 409 g/mol. The number of ether oxygens (including phenoxy) is 2. The van der Waals surface area contributed by atoms with Crippen LogP contribution in [0.2, 0.25) is 0 Å². The number of nitrogens with zero attached hydrogens (tertiary/aromatic N) is 1. The van der Waals surface area contributed by atoms with Crippen LogP contribution in [0.4, 0.5) is 11.4 Å². The van der Waals surface area contributed by atoms with E-state index >= 15 is 0 Å². The summed E-state index contributed by atoms with van der Waals surface area (Å²) >= 11 is 3.35. The Labute approximate surface area is 153 Å². The van der Waals surface area contributed by atoms with Gasteiger partial charge in [0.1, 0.15) is 5.56 Å². The van der Waals surface area contributed by atoms with Gasteiger partial charge in [0, 0.05) is 16.2 Å². The summed E-state index contributed by atoms with van der Waals surface area (Å²) in [4.78, 5) is 23.3. The Kier molecular flexibility index (Phi) is 5.97. The second-order valence-electron chi connectivity index (χ2n) is 5.12. The van der Waals surface area contributed by atoms with E-state index in [-0.39, 0.29) is 22.7 Å². The lowest BCUT2D eigenvalue weighted by atomic mass is 10.1. The van der Waals surface area contributed by atoms with Crippen molar-refractivity contribution in [2.24, 2.45) is 0 Å². The number of rotatable bonds is 6. The maximum atomic E-state index is 12.6. The van der Waals surface area contributed by atoms with Crippen LogP contribution >= 0.6 is 15.9 Å². The largest absolute Gasteiger partial charge is 0.493 e. The molecular weight excluding hydrogens is 392 g/mol. The van der Waals surface area contributed by atoms with Crippen LogP contribution in [-0.2, 0) is 0 Å². The Morgan fingerprint density at radius 2 is 2.00 bits per heavy atom. The van der Waals surface area contributed by atoms with Crippen LogP contribution in [0.15, 0.2) is 34.8 Å². The van der Waals surface area contributed by atoms with Crippen LogP contribution in [0.25, 0.3) is 0 Å². The molecule has 0 aromatic heterocycles. The molecule has 0 heterocycles. The Morgan fingerprint density at radius 1 is 1.28 bits per heavy atom. The summed E-state index contributed by atoms with van der Waals surface area (Å²) in [6.07, 6.45) is 0. The first kappa shape index (κ1) is 18.7. The van der Waals surface area contributed by atoms with E-state index in [0.29, 0.717) is 12.3 Å². The molecule has 0 bridgehead atoms. The van der Waals surface area contributed by atoms with Gasteiger partial charge in [-0.05, 0) is 37.6 Å². The number of anilines is 1. The highest BCUT2D eigenvalue weighted by Gasteiger charge is 2.25. The number of benzene rings is 2. The van der Waals surface area contributed by atoms with Gasteiger partial charge in [0.05, 0.1) is 24.7 Å². The van der Waals surface area contributed by atoms with Gasteiger partial charge in [0.2, 0.25) is 0 Å². The minimum absolute atomic E-state index is 0.104. The Balaban J connectivity index is 2.45. The number of nitrogens with one attached hydrogen (secondary N) is 1. The summed E-state index contributed by atoms with van der Waals surface area (Å²) in [5.74, 6) is -0.128. The maximum Gasteiger partial charge on any atom is 0.286 e. The van der Waals surface area contributed by atoms with Gasteiger partial charge in [-0.1, -0.05) is 15.9 Å². The number of carbonyl (C=O) groups is 1. The Hall–Kier alpha value is -2.61. The van der Waals surface area contributed by atoms with Gasteiger partial charge < -0.3 is 14.8 Å². The third-order valence-corrected chi connectivity index (χ3v) is 3.95. The number of aryl methyl sites for hydroxylation is 1. The third kappa shape index (κ3) is 4.27. The molecule has 0 aliphatic heterocycles. The van der Waals surface area contributed by atoms with Gasteiger partial charge in [-0.2, -0.15) is 0 Å². The van der Waals surface area contributed by atoms with E-state index in [2.05, 4.69) is 21.2 Å². The number of amides is 1. The molecule has 2 aromatic carbocycles. The zero-order valence-electron chi connectivity index (χ0n) is 14.0. The molecule has 1 amide bonds. The maximum absolute atomic E-state index is 12.6. The quantitative estimate of drug-likeness (QED) is 0.567. The third-order valence-electron chi connectivity index (χ3n) is 3.46. The number of halogens is 1. The van der Waals surface area contributed by atoms with E-state index in [1.54, 1.807) is 19.1 Å². The lowest BCUT2D eigenvalue weighted by Crippen LogP contribution is -2.15. The molecule has 1 N–H and O–H groups in total. The predicted octanol–water partition coefficient (Wildman–Crippen LogP) is 4.33. The molecule has 2 aromatic rings. The molecule has 0 unspecified atom stereocenters. The lowest BCUT2D eigenvalue weighted by Gasteiger charge is -2.13. The molecular formula is C17H17BrN2O5. The number of nitro groups is 1. The first-order valence-electron chi connectivity index (χ1n) is 7.44. The molecule has 0 fully saturated rings. The second kappa shape index (κ2) is 7.98. The molecule has 0 aliphatic carbocycles. The van der Waals surface area contributed by atoms with E-state index < -0.39 is 10.8 Å². The van der Waals surface area contributed by atoms with Gasteiger partial charge in [-0.15, -0.1) is 0 Å². The van der Waals surface area contributed by atoms with Crippen molar-refractivity contribution in [2.75, 3.05) is 19.0 Å². The zero-order chi connectivity index (χ0) is 18.6. The molecule has 7 nitrogen and oxygen atoms in total. The predicted molar refractivity (Wildman–Crippen MR) is 97.6 cm³/mol. The van der Waals surface area contributed by atoms with Crippen molar-refractivity contribution >= 4 is 33.2 Å². The van der Waals surface area contributed by atoms with Crippen molar-refractivity contribution in [3.05, 3.63) is 56.0 Å². The van der Waals surface area contributed by atoms with Crippen LogP contribution in [0.5, 0.6) is 11.5 Å². The number of hydrogen-bond acceptors (Lipinski definition) is 5. The lowest BCUT2D eigenvalue weighted by molar-refractivity contribution is -0.385. The van der Waals surface area contributed by atoms with Crippen molar-refractivity contribution in [3.63, 3.8) is 0 Å². The molecule has 0 spiro atoms. The molecule has 0 saturated carbocycles. The molecule has 25 heavy (non-hydrogen) atoms. The molecule has 0 saturated heterocycles. The topological polar surface area (TPSA) is 90.7 Å². The molecule has 0 aliphatic rings. The van der Waals surface area contributed by atoms with Gasteiger partial charge in [0.15, 0.2) is 11.5 Å². The smallest absolute Gasteiger partial charge is 0.286 e. The van der Waals surface area contributed by atoms with E-state index in [4.69, 9.17) is 9.47 Å². The fraction of sp³-hybridized carbons (Fsp3) is 0.235. The van der Waals surface area contributed by atoms with Crippen LogP contribution in [0.3, 0.4) is 0 Å². The highest BCUT2D eigenvalue weighted by molar-refractivity contribution is 9.10. The van der Waals surface area contributed by atoms with Gasteiger partial charge in [-0.25, -0.2) is 0 Å². The first-order chi connectivity index (χ1) is 11.9. The molecule has 8 heteroatoms. The summed E-state index contributed by atoms with van der Waals surface area (Å²) in [7, 11) is 1.41. The zero-order valence-corrected chi connectivity index (χ0v) is 15.5. The summed E-state index contributed by atoms with van der Waals surface area (Å²) < 4.78 is 11.4. The average Bonchev–Trinajstić information content (AvgIpc) is 2.57. The summed E-state index contributed by atoms with van der Waals surface area (Å²) in [5.41, 5.74) is 0.933. The fourth-order valence-electron chi connectivity index (χ4n) is 2.27. The van der Waals surface area contributed by atoms with Gasteiger partial charge in [-0.3, -0.25) is 14.9 Å². The van der Waals surface area contributed by atoms with Crippen LogP contribution < -0.4 is 14.8 Å². The number of methoxy groups -OCH3 is 1. The van der Waals surface area contributed by atoms with Crippen molar-refractivity contribution in [2.45, 2.75) is 13.8 Å². The minimum Gasteiger partial charge on any atom is -0.493 e. The van der Waals surface area contributed by atoms with Crippen molar-refractivity contribution in [1.82, 2.24) is 0 Å². The number of nitro benzene ring substituents is 1. The van der Waals surface area contributed by atoms with Crippen LogP contribution in [-0.4, -0.2) is 24.5 Å². The number of carbonyl (C=O) groups excluding carboxylic acids is 1. The Bertz CT molecular complexity index is 823. The summed E-state index contributed by atoms with van der Waals surface area (Å²) in [6.45, 7) is 3.90. The van der Waals surface area contributed by atoms with E-state index in [1.165, 1.54) is 19.2 Å². The monoisotopic (exact) mass is 408 g/mol. The van der Waals surface area contributed by atoms with E-state index in [0.717, 1.165) is 10.0 Å². The number of hydrogen-bond donors (Lipinski definition) is 1. The van der Waals surface area contributed by atoms with Crippen molar-refractivity contribution < 1.29 is 19.2 Å². The highest BCUT2D eigenvalue weighted by atomic mass is 79.9. The normalized spacial score (nSPS) is 10.2. The minimum atomic E-state index is -0.620. The fourth-order valence-corrected chi connectivity index (χ4v) is 2.74. The first-order valence-corrected chi connectivity index (χ1v) is 8.23. The van der Waals surface area contributed by atoms with Crippen LogP contribution in [0.1, 0.15) is 22.8 Å². The van der Waals surface area contributed by atoms with Gasteiger partial charge >= 0.3 is 0 Å². The summed E-state index contributed by atoms with van der Waals surface area (Å²) in [6, 6.07) is 7.84. The highest BCUT2D eigenvalue weighted by Crippen LogP contribution is 2.35. The molecule has 132 valence electrons. The molecule has 0 radical (unpaired) electrons. The van der Waals surface area contributed by atoms with Gasteiger partial charge in [0.25, 0.3) is 11.6 Å².